The Morgan fingerprint density at radius 3 is 2.48 bits per heavy atom. The summed E-state index contributed by atoms with van der Waals surface area (Å²) in [5, 5.41) is 5.42. The molecule has 0 atom stereocenters. The largest absolute Gasteiger partial charge is 0.444 e. The number of amides is 2. The van der Waals surface area contributed by atoms with Crippen LogP contribution < -0.4 is 15.5 Å². The number of rotatable bonds is 4. The van der Waals surface area contributed by atoms with Crippen molar-refractivity contribution in [3.8, 4) is 0 Å². The second-order valence-electron chi connectivity index (χ2n) is 7.29. The molecule has 0 radical (unpaired) electrons. The van der Waals surface area contributed by atoms with Crippen molar-refractivity contribution in [3.05, 3.63) is 24.0 Å². The van der Waals surface area contributed by atoms with Gasteiger partial charge in [-0.05, 0) is 51.7 Å². The van der Waals surface area contributed by atoms with Gasteiger partial charge in [0.1, 0.15) is 11.3 Å². The van der Waals surface area contributed by atoms with E-state index in [1.165, 1.54) is 0 Å². The molecule has 2 amide bonds. The number of ether oxygens (including phenoxy) is 1. The van der Waals surface area contributed by atoms with Crippen LogP contribution in [0.1, 0.15) is 44.1 Å². The Kier molecular flexibility index (Phi) is 6.22. The second-order valence-corrected chi connectivity index (χ2v) is 7.29. The van der Waals surface area contributed by atoms with Gasteiger partial charge in [0, 0.05) is 26.7 Å². The summed E-state index contributed by atoms with van der Waals surface area (Å²) in [5.74, 6) is 0.264. The first-order chi connectivity index (χ1) is 11.8. The first-order valence-corrected chi connectivity index (χ1v) is 8.68. The molecule has 138 valence electrons. The van der Waals surface area contributed by atoms with Crippen LogP contribution in [-0.4, -0.2) is 49.3 Å². The number of carbonyl (C=O) groups is 2. The smallest absolute Gasteiger partial charge is 0.407 e. The number of hydrogen-bond acceptors (Lipinski definition) is 5. The van der Waals surface area contributed by atoms with E-state index in [9.17, 15) is 9.59 Å². The molecule has 0 aliphatic carbocycles. The van der Waals surface area contributed by atoms with Crippen molar-refractivity contribution in [2.24, 2.45) is 5.92 Å². The molecule has 7 nitrogen and oxygen atoms in total. The number of nitrogens with zero attached hydrogens (tertiary/aromatic N) is 2. The van der Waals surface area contributed by atoms with Crippen molar-refractivity contribution in [1.82, 2.24) is 15.6 Å². The Morgan fingerprint density at radius 1 is 1.28 bits per heavy atom. The fourth-order valence-electron chi connectivity index (χ4n) is 2.77. The van der Waals surface area contributed by atoms with E-state index in [1.54, 1.807) is 19.3 Å². The topological polar surface area (TPSA) is 83.6 Å². The minimum absolute atomic E-state index is 0.182. The quantitative estimate of drug-likeness (QED) is 0.871. The van der Waals surface area contributed by atoms with Crippen molar-refractivity contribution in [2.45, 2.75) is 39.2 Å². The number of alkyl carbamates (subject to hydrolysis) is 1. The molecule has 25 heavy (non-hydrogen) atoms. The van der Waals surface area contributed by atoms with Crippen LogP contribution >= 0.6 is 0 Å². The van der Waals surface area contributed by atoms with Crippen molar-refractivity contribution in [3.63, 3.8) is 0 Å². The Hall–Kier alpha value is -2.31. The third-order valence-corrected chi connectivity index (χ3v) is 4.12. The third kappa shape index (κ3) is 5.92. The van der Waals surface area contributed by atoms with Crippen LogP contribution in [-0.2, 0) is 4.74 Å². The number of piperidine rings is 1. The van der Waals surface area contributed by atoms with E-state index < -0.39 is 5.60 Å². The number of carbonyl (C=O) groups excluding carboxylic acids is 2. The summed E-state index contributed by atoms with van der Waals surface area (Å²) in [6.45, 7) is 8.01. The maximum atomic E-state index is 11.7. The number of aromatic nitrogens is 1. The van der Waals surface area contributed by atoms with Gasteiger partial charge in [-0.25, -0.2) is 9.78 Å². The van der Waals surface area contributed by atoms with E-state index in [-0.39, 0.29) is 12.0 Å². The normalized spacial score (nSPS) is 15.6. The number of pyridine rings is 1. The molecule has 1 aliphatic heterocycles. The maximum absolute atomic E-state index is 11.7. The Labute approximate surface area is 149 Å². The summed E-state index contributed by atoms with van der Waals surface area (Å²) in [7, 11) is 1.59. The van der Waals surface area contributed by atoms with Crippen LogP contribution in [0.2, 0.25) is 0 Å². The molecule has 0 saturated carbocycles. The van der Waals surface area contributed by atoms with Crippen LogP contribution in [0.15, 0.2) is 18.3 Å². The Morgan fingerprint density at radius 2 is 1.96 bits per heavy atom. The Bertz CT molecular complexity index is 587. The van der Waals surface area contributed by atoms with Crippen molar-refractivity contribution < 1.29 is 14.3 Å². The summed E-state index contributed by atoms with van der Waals surface area (Å²) >= 11 is 0. The predicted molar refractivity (Wildman–Crippen MR) is 96.8 cm³/mol. The zero-order valence-corrected chi connectivity index (χ0v) is 15.5. The summed E-state index contributed by atoms with van der Waals surface area (Å²) in [6.07, 6.45) is 3.37. The lowest BCUT2D eigenvalue weighted by Crippen LogP contribution is -2.40. The lowest BCUT2D eigenvalue weighted by molar-refractivity contribution is 0.0516. The van der Waals surface area contributed by atoms with E-state index >= 15 is 0 Å². The van der Waals surface area contributed by atoms with Crippen LogP contribution in [0, 0.1) is 5.92 Å². The molecule has 1 saturated heterocycles. The molecule has 7 heteroatoms. The van der Waals surface area contributed by atoms with Crippen LogP contribution in [0.4, 0.5) is 10.5 Å². The third-order valence-electron chi connectivity index (χ3n) is 4.12. The van der Waals surface area contributed by atoms with Crippen molar-refractivity contribution in [1.29, 1.82) is 0 Å². The highest BCUT2D eigenvalue weighted by Gasteiger charge is 2.22. The average molecular weight is 348 g/mol. The highest BCUT2D eigenvalue weighted by molar-refractivity contribution is 5.92. The van der Waals surface area contributed by atoms with Gasteiger partial charge in [-0.15, -0.1) is 0 Å². The first-order valence-electron chi connectivity index (χ1n) is 8.68. The average Bonchev–Trinajstić information content (AvgIpc) is 2.58. The molecule has 2 heterocycles. The zero-order valence-electron chi connectivity index (χ0n) is 15.5. The van der Waals surface area contributed by atoms with Crippen molar-refractivity contribution in [2.75, 3.05) is 31.6 Å². The van der Waals surface area contributed by atoms with Gasteiger partial charge in [0.05, 0.1) is 11.9 Å². The standard InChI is InChI=1S/C18H28N4O3/c1-18(2,3)25-17(24)21-11-13-7-9-22(10-8-13)14-5-6-15(20-12-14)16(23)19-4/h5-6,12-13H,7-11H2,1-4H3,(H,19,23)(H,21,24). The minimum Gasteiger partial charge on any atom is -0.444 e. The summed E-state index contributed by atoms with van der Waals surface area (Å²) in [4.78, 5) is 29.7. The molecule has 1 aliphatic rings. The molecule has 1 fully saturated rings. The SMILES string of the molecule is CNC(=O)c1ccc(N2CCC(CNC(=O)OC(C)(C)C)CC2)cn1. The molecular weight excluding hydrogens is 320 g/mol. The molecule has 0 spiro atoms. The molecule has 0 unspecified atom stereocenters. The summed E-state index contributed by atoms with van der Waals surface area (Å²) in [6, 6.07) is 3.67. The van der Waals surface area contributed by atoms with Gasteiger partial charge in [0.25, 0.3) is 5.91 Å². The fraction of sp³-hybridized carbons (Fsp3) is 0.611. The maximum Gasteiger partial charge on any atom is 0.407 e. The monoisotopic (exact) mass is 348 g/mol. The van der Waals surface area contributed by atoms with Crippen LogP contribution in [0.5, 0.6) is 0 Å². The van der Waals surface area contributed by atoms with Gasteiger partial charge >= 0.3 is 6.09 Å². The number of nitrogens with one attached hydrogen (secondary N) is 2. The lowest BCUT2D eigenvalue weighted by Gasteiger charge is -2.33. The van der Waals surface area contributed by atoms with Gasteiger partial charge in [0.2, 0.25) is 0 Å². The van der Waals surface area contributed by atoms with E-state index in [2.05, 4.69) is 20.5 Å². The molecule has 0 aromatic carbocycles. The van der Waals surface area contributed by atoms with Gasteiger partial charge in [-0.3, -0.25) is 4.79 Å². The number of anilines is 1. The summed E-state index contributed by atoms with van der Waals surface area (Å²) < 4.78 is 5.26. The lowest BCUT2D eigenvalue weighted by atomic mass is 9.96. The molecule has 2 N–H and O–H groups in total. The van der Waals surface area contributed by atoms with Gasteiger partial charge in [-0.1, -0.05) is 0 Å². The van der Waals surface area contributed by atoms with Crippen LogP contribution in [0.3, 0.4) is 0 Å². The van der Waals surface area contributed by atoms with E-state index in [0.29, 0.717) is 18.2 Å². The second kappa shape index (κ2) is 8.18. The molecule has 2 rings (SSSR count). The van der Waals surface area contributed by atoms with E-state index in [0.717, 1.165) is 31.6 Å². The Balaban J connectivity index is 1.77. The highest BCUT2D eigenvalue weighted by atomic mass is 16.6. The summed E-state index contributed by atoms with van der Waals surface area (Å²) in [5.41, 5.74) is 0.968. The highest BCUT2D eigenvalue weighted by Crippen LogP contribution is 2.22. The van der Waals surface area contributed by atoms with E-state index in [4.69, 9.17) is 4.74 Å². The molecule has 1 aromatic rings. The van der Waals surface area contributed by atoms with Gasteiger partial charge < -0.3 is 20.3 Å². The zero-order chi connectivity index (χ0) is 18.4. The first kappa shape index (κ1) is 19.0. The van der Waals surface area contributed by atoms with Crippen LogP contribution in [0.25, 0.3) is 0 Å². The molecule has 1 aromatic heterocycles. The minimum atomic E-state index is -0.471. The molecular formula is C18H28N4O3. The van der Waals surface area contributed by atoms with Gasteiger partial charge in [0.15, 0.2) is 0 Å². The van der Waals surface area contributed by atoms with Crippen molar-refractivity contribution >= 4 is 17.7 Å². The van der Waals surface area contributed by atoms with E-state index in [1.807, 2.05) is 26.8 Å². The molecule has 0 bridgehead atoms. The number of hydrogen-bond donors (Lipinski definition) is 2. The predicted octanol–water partition coefficient (Wildman–Crippen LogP) is 2.18. The van der Waals surface area contributed by atoms with Gasteiger partial charge in [-0.2, -0.15) is 0 Å². The fourth-order valence-corrected chi connectivity index (χ4v) is 2.77.